The Morgan fingerprint density at radius 1 is 1.15 bits per heavy atom. The van der Waals surface area contributed by atoms with Crippen molar-refractivity contribution < 1.29 is 19.5 Å². The Hall–Kier alpha value is -1.79. The summed E-state index contributed by atoms with van der Waals surface area (Å²) in [6.45, 7) is 6.70. The van der Waals surface area contributed by atoms with Gasteiger partial charge >= 0.3 is 12.1 Å². The van der Waals surface area contributed by atoms with E-state index in [-0.39, 0.29) is 42.4 Å². The van der Waals surface area contributed by atoms with E-state index in [1.807, 2.05) is 25.7 Å². The van der Waals surface area contributed by atoms with Crippen molar-refractivity contribution in [1.29, 1.82) is 0 Å². The second-order valence-corrected chi connectivity index (χ2v) is 9.13. The normalized spacial score (nSPS) is 31.2. The molecule has 7 nitrogen and oxygen atoms in total. The molecule has 3 fully saturated rings. The number of piperidine rings is 1. The van der Waals surface area contributed by atoms with E-state index in [9.17, 15) is 19.5 Å². The van der Waals surface area contributed by atoms with Crippen LogP contribution in [0.3, 0.4) is 0 Å². The predicted molar refractivity (Wildman–Crippen MR) is 96.8 cm³/mol. The van der Waals surface area contributed by atoms with Crippen molar-refractivity contribution in [1.82, 2.24) is 14.7 Å². The lowest BCUT2D eigenvalue weighted by atomic mass is 9.64. The summed E-state index contributed by atoms with van der Waals surface area (Å²) in [5, 5.41) is 9.49. The van der Waals surface area contributed by atoms with Crippen LogP contribution < -0.4 is 0 Å². The van der Waals surface area contributed by atoms with Crippen LogP contribution in [-0.4, -0.2) is 69.6 Å². The quantitative estimate of drug-likeness (QED) is 0.724. The molecule has 2 heterocycles. The summed E-state index contributed by atoms with van der Waals surface area (Å²) in [6.07, 6.45) is 4.59. The van der Waals surface area contributed by atoms with Gasteiger partial charge in [-0.1, -0.05) is 40.0 Å². The van der Waals surface area contributed by atoms with Crippen LogP contribution in [0.5, 0.6) is 0 Å². The average molecular weight is 365 g/mol. The van der Waals surface area contributed by atoms with Gasteiger partial charge in [-0.2, -0.15) is 0 Å². The molecule has 2 unspecified atom stereocenters. The van der Waals surface area contributed by atoms with E-state index in [1.165, 1.54) is 16.2 Å². The number of imide groups is 1. The van der Waals surface area contributed by atoms with E-state index in [1.54, 1.807) is 7.05 Å². The summed E-state index contributed by atoms with van der Waals surface area (Å²) in [5.41, 5.74) is -1.22. The summed E-state index contributed by atoms with van der Waals surface area (Å²) in [7, 11) is 1.57. The molecule has 7 heteroatoms. The first kappa shape index (κ1) is 19.0. The maximum atomic E-state index is 13.4. The molecular formula is C19H31N3O4. The third-order valence-electron chi connectivity index (χ3n) is 6.60. The largest absolute Gasteiger partial charge is 0.465 e. The smallest absolute Gasteiger partial charge is 0.407 e. The van der Waals surface area contributed by atoms with Crippen LogP contribution >= 0.6 is 0 Å². The Morgan fingerprint density at radius 2 is 1.77 bits per heavy atom. The number of likely N-dealkylation sites (N-methyl/N-ethyl adjacent to an activating group) is 1. The molecule has 0 aromatic carbocycles. The lowest BCUT2D eigenvalue weighted by Gasteiger charge is -2.54. The summed E-state index contributed by atoms with van der Waals surface area (Å²) < 4.78 is 0. The van der Waals surface area contributed by atoms with Crippen LogP contribution in [0, 0.1) is 11.3 Å². The second kappa shape index (κ2) is 6.43. The first-order valence-corrected chi connectivity index (χ1v) is 9.70. The number of hydrogen-bond donors (Lipinski definition) is 1. The van der Waals surface area contributed by atoms with Crippen molar-refractivity contribution in [2.45, 2.75) is 70.9 Å². The molecule has 26 heavy (non-hydrogen) atoms. The maximum Gasteiger partial charge on any atom is 0.407 e. The molecule has 0 bridgehead atoms. The summed E-state index contributed by atoms with van der Waals surface area (Å²) in [4.78, 5) is 42.6. The highest BCUT2D eigenvalue weighted by Crippen LogP contribution is 2.49. The minimum atomic E-state index is -0.955. The van der Waals surface area contributed by atoms with Gasteiger partial charge in [-0.15, -0.1) is 0 Å². The lowest BCUT2D eigenvalue weighted by molar-refractivity contribution is -0.144. The van der Waals surface area contributed by atoms with Crippen molar-refractivity contribution in [2.75, 3.05) is 20.1 Å². The number of carbonyl (C=O) groups excluding carboxylic acids is 2. The molecule has 2 atom stereocenters. The summed E-state index contributed by atoms with van der Waals surface area (Å²) >= 11 is 0. The van der Waals surface area contributed by atoms with E-state index in [0.29, 0.717) is 6.42 Å². The van der Waals surface area contributed by atoms with Gasteiger partial charge in [0.1, 0.15) is 5.54 Å². The lowest BCUT2D eigenvalue weighted by Crippen LogP contribution is -2.67. The molecule has 2 aliphatic heterocycles. The van der Waals surface area contributed by atoms with Crippen molar-refractivity contribution in [3.05, 3.63) is 0 Å². The maximum absolute atomic E-state index is 13.4. The topological polar surface area (TPSA) is 81.2 Å². The number of carboxylic acid groups (broad SMARTS) is 1. The molecule has 1 spiro atoms. The molecule has 4 amide bonds. The van der Waals surface area contributed by atoms with Crippen molar-refractivity contribution >= 4 is 18.0 Å². The first-order chi connectivity index (χ1) is 12.1. The molecule has 2 saturated heterocycles. The van der Waals surface area contributed by atoms with E-state index < -0.39 is 11.6 Å². The van der Waals surface area contributed by atoms with Gasteiger partial charge in [-0.3, -0.25) is 9.69 Å². The molecule has 1 aliphatic carbocycles. The van der Waals surface area contributed by atoms with Crippen molar-refractivity contribution in [3.63, 3.8) is 0 Å². The van der Waals surface area contributed by atoms with Crippen LogP contribution in [0.4, 0.5) is 9.59 Å². The Balaban J connectivity index is 2.07. The fourth-order valence-electron chi connectivity index (χ4n) is 5.28. The molecule has 146 valence electrons. The Kier molecular flexibility index (Phi) is 4.69. The second-order valence-electron chi connectivity index (χ2n) is 9.13. The van der Waals surface area contributed by atoms with Gasteiger partial charge in [0.15, 0.2) is 0 Å². The monoisotopic (exact) mass is 365 g/mol. The third-order valence-corrected chi connectivity index (χ3v) is 6.60. The molecule has 1 N–H and O–H groups in total. The Morgan fingerprint density at radius 3 is 2.31 bits per heavy atom. The highest BCUT2D eigenvalue weighted by molar-refractivity contribution is 6.07. The van der Waals surface area contributed by atoms with Crippen LogP contribution in [0.25, 0.3) is 0 Å². The van der Waals surface area contributed by atoms with Gasteiger partial charge in [-0.25, -0.2) is 9.59 Å². The third kappa shape index (κ3) is 2.76. The van der Waals surface area contributed by atoms with E-state index in [2.05, 4.69) is 0 Å². The number of amides is 4. The fraction of sp³-hybridized carbons (Fsp3) is 0.842. The molecule has 3 rings (SSSR count). The standard InChI is InChI=1S/C19H31N3O4/c1-18(2,3)14-12-21(17(25)26)11-10-19(14)15(23)20(4)16(24)22(19)13-8-6-5-7-9-13/h13-14H,5-12H2,1-4H3,(H,25,26). The number of urea groups is 1. The van der Waals surface area contributed by atoms with Gasteiger partial charge in [0.25, 0.3) is 5.91 Å². The molecule has 0 aromatic rings. The van der Waals surface area contributed by atoms with Crippen molar-refractivity contribution in [3.8, 4) is 0 Å². The molecule has 0 radical (unpaired) electrons. The van der Waals surface area contributed by atoms with Crippen LogP contribution in [-0.2, 0) is 4.79 Å². The fourth-order valence-corrected chi connectivity index (χ4v) is 5.28. The zero-order valence-electron chi connectivity index (χ0n) is 16.3. The van der Waals surface area contributed by atoms with Crippen LogP contribution in [0.2, 0.25) is 0 Å². The van der Waals surface area contributed by atoms with Gasteiger partial charge < -0.3 is 14.9 Å². The zero-order chi connectivity index (χ0) is 19.3. The molecule has 1 saturated carbocycles. The van der Waals surface area contributed by atoms with E-state index in [4.69, 9.17) is 0 Å². The van der Waals surface area contributed by atoms with E-state index >= 15 is 0 Å². The zero-order valence-corrected chi connectivity index (χ0v) is 16.3. The Labute approximate surface area is 155 Å². The van der Waals surface area contributed by atoms with Crippen LogP contribution in [0.1, 0.15) is 59.3 Å². The average Bonchev–Trinajstić information content (AvgIpc) is 2.77. The number of likely N-dealkylation sites (tertiary alicyclic amines) is 1. The summed E-state index contributed by atoms with van der Waals surface area (Å²) in [5.74, 6) is -0.388. The van der Waals surface area contributed by atoms with Gasteiger partial charge in [0.05, 0.1) is 0 Å². The number of rotatable bonds is 1. The Bertz CT molecular complexity index is 608. The van der Waals surface area contributed by atoms with E-state index in [0.717, 1.165) is 25.7 Å². The first-order valence-electron chi connectivity index (χ1n) is 9.70. The minimum absolute atomic E-state index is 0.0754. The summed E-state index contributed by atoms with van der Waals surface area (Å²) in [6, 6.07) is -0.133. The van der Waals surface area contributed by atoms with Gasteiger partial charge in [0.2, 0.25) is 0 Å². The van der Waals surface area contributed by atoms with Crippen molar-refractivity contribution in [2.24, 2.45) is 11.3 Å². The molecule has 0 aromatic heterocycles. The van der Waals surface area contributed by atoms with Crippen LogP contribution in [0.15, 0.2) is 0 Å². The predicted octanol–water partition coefficient (Wildman–Crippen LogP) is 3.00. The van der Waals surface area contributed by atoms with Gasteiger partial charge in [-0.05, 0) is 24.7 Å². The highest BCUT2D eigenvalue weighted by atomic mass is 16.4. The number of hydrogen-bond acceptors (Lipinski definition) is 3. The molecular weight excluding hydrogens is 334 g/mol. The molecule has 3 aliphatic rings. The minimum Gasteiger partial charge on any atom is -0.465 e. The van der Waals surface area contributed by atoms with Gasteiger partial charge in [0, 0.05) is 32.1 Å². The SMILES string of the molecule is CN1C(=O)N(C2CCCCC2)C2(CCN(C(=O)O)CC2C(C)(C)C)C1=O. The number of carbonyl (C=O) groups is 3. The number of nitrogens with zero attached hydrogens (tertiary/aromatic N) is 3. The highest BCUT2D eigenvalue weighted by Gasteiger charge is 2.65.